The summed E-state index contributed by atoms with van der Waals surface area (Å²) in [5.74, 6) is 0.870. The van der Waals surface area contributed by atoms with Gasteiger partial charge in [-0.15, -0.1) is 0 Å². The van der Waals surface area contributed by atoms with E-state index in [-0.39, 0.29) is 17.3 Å². The van der Waals surface area contributed by atoms with Crippen molar-refractivity contribution >= 4 is 23.4 Å². The quantitative estimate of drug-likeness (QED) is 0.465. The third kappa shape index (κ3) is 3.42. The molecule has 0 radical (unpaired) electrons. The van der Waals surface area contributed by atoms with Crippen molar-refractivity contribution in [2.75, 3.05) is 14.2 Å². The van der Waals surface area contributed by atoms with Gasteiger partial charge in [0.05, 0.1) is 29.7 Å². The van der Waals surface area contributed by atoms with Crippen molar-refractivity contribution in [2.24, 2.45) is 11.1 Å². The number of rotatable bonds is 4. The van der Waals surface area contributed by atoms with Gasteiger partial charge in [-0.1, -0.05) is 22.8 Å². The lowest BCUT2D eigenvalue weighted by molar-refractivity contribution is -0.420. The average Bonchev–Trinajstić information content (AvgIpc) is 2.68. The minimum Gasteiger partial charge on any atom is -0.493 e. The molecule has 2 aliphatic carbocycles. The summed E-state index contributed by atoms with van der Waals surface area (Å²) in [5, 5.41) is 24.8. The van der Waals surface area contributed by atoms with Gasteiger partial charge in [0.25, 0.3) is 5.70 Å². The van der Waals surface area contributed by atoms with Crippen LogP contribution < -0.4 is 9.47 Å². The lowest BCUT2D eigenvalue weighted by Crippen LogP contribution is -2.26. The lowest BCUT2D eigenvalue weighted by Gasteiger charge is -2.28. The van der Waals surface area contributed by atoms with E-state index < -0.39 is 4.92 Å². The third-order valence-corrected chi connectivity index (χ3v) is 5.23. The first-order valence-electron chi connectivity index (χ1n) is 8.40. The van der Waals surface area contributed by atoms with Gasteiger partial charge in [0, 0.05) is 6.08 Å². The molecule has 1 unspecified atom stereocenters. The van der Waals surface area contributed by atoms with Crippen molar-refractivity contribution in [3.63, 3.8) is 0 Å². The van der Waals surface area contributed by atoms with Crippen LogP contribution >= 0.6 is 11.6 Å². The second-order valence-corrected chi connectivity index (χ2v) is 6.63. The highest BCUT2D eigenvalue weighted by Crippen LogP contribution is 2.42. The summed E-state index contributed by atoms with van der Waals surface area (Å²) in [6, 6.07) is 3.49. The number of hydrogen-bond acceptors (Lipinski definition) is 6. The Labute approximate surface area is 161 Å². The number of fused-ring (bicyclic) bond motifs is 1. The van der Waals surface area contributed by atoms with Gasteiger partial charge in [-0.05, 0) is 54.5 Å². The molecule has 0 aromatic heterocycles. The summed E-state index contributed by atoms with van der Waals surface area (Å²) in [6.07, 6.45) is 7.09. The Hall–Kier alpha value is -2.80. The summed E-state index contributed by atoms with van der Waals surface area (Å²) in [5.41, 5.74) is 2.03. The molecular formula is C19H19ClN2O5. The molecule has 0 amide bonds. The van der Waals surface area contributed by atoms with E-state index in [1.165, 1.54) is 20.3 Å². The summed E-state index contributed by atoms with van der Waals surface area (Å²) in [6.45, 7) is 0. The summed E-state index contributed by atoms with van der Waals surface area (Å²) in [4.78, 5) is 11.0. The van der Waals surface area contributed by atoms with Crippen LogP contribution in [-0.2, 0) is 0 Å². The van der Waals surface area contributed by atoms with Gasteiger partial charge in [0.2, 0.25) is 0 Å². The van der Waals surface area contributed by atoms with E-state index in [0.29, 0.717) is 46.1 Å². The predicted molar refractivity (Wildman–Crippen MR) is 102 cm³/mol. The number of allylic oxidation sites excluding steroid dienone is 4. The normalized spacial score (nSPS) is 22.1. The monoisotopic (exact) mass is 390 g/mol. The first kappa shape index (κ1) is 19.0. The van der Waals surface area contributed by atoms with Crippen molar-refractivity contribution in [1.82, 2.24) is 0 Å². The maximum atomic E-state index is 11.4. The van der Waals surface area contributed by atoms with Gasteiger partial charge >= 0.3 is 0 Å². The van der Waals surface area contributed by atoms with E-state index in [9.17, 15) is 15.3 Å². The fourth-order valence-corrected chi connectivity index (χ4v) is 3.87. The zero-order valence-electron chi connectivity index (χ0n) is 14.9. The molecule has 0 spiro atoms. The van der Waals surface area contributed by atoms with Crippen LogP contribution in [0.15, 0.2) is 46.3 Å². The van der Waals surface area contributed by atoms with Gasteiger partial charge in [-0.3, -0.25) is 10.1 Å². The van der Waals surface area contributed by atoms with Crippen molar-refractivity contribution < 1.29 is 19.6 Å². The molecule has 1 aromatic rings. The van der Waals surface area contributed by atoms with E-state index in [2.05, 4.69) is 5.16 Å². The Morgan fingerprint density at radius 3 is 2.78 bits per heavy atom. The zero-order chi connectivity index (χ0) is 19.6. The molecule has 1 aromatic carbocycles. The van der Waals surface area contributed by atoms with Crippen LogP contribution in [0.2, 0.25) is 5.02 Å². The molecule has 0 saturated heterocycles. The van der Waals surface area contributed by atoms with Crippen LogP contribution in [0.4, 0.5) is 0 Å². The number of halogens is 1. The minimum atomic E-state index is -0.435. The fraction of sp³-hybridized carbons (Fsp3) is 0.316. The SMILES string of the molecule is COc1ccc(C=C2CCC3CC=CC([N+](=O)[O-])=C3C2=NO)c(Cl)c1OC. The lowest BCUT2D eigenvalue weighted by atomic mass is 9.75. The van der Waals surface area contributed by atoms with E-state index in [1.54, 1.807) is 24.3 Å². The van der Waals surface area contributed by atoms with Gasteiger partial charge in [-0.25, -0.2) is 0 Å². The molecule has 7 nitrogen and oxygen atoms in total. The highest BCUT2D eigenvalue weighted by Gasteiger charge is 2.36. The molecule has 0 bridgehead atoms. The first-order chi connectivity index (χ1) is 13.0. The standard InChI is InChI=1S/C19H19ClN2O5/c1-26-15-9-8-12(17(20)19(15)27-2)10-13-7-6-11-4-3-5-14(22(24)25)16(11)18(13)21-23/h3,5,8-11,23H,4,6-7H2,1-2H3. The van der Waals surface area contributed by atoms with Crippen molar-refractivity contribution in [2.45, 2.75) is 19.3 Å². The molecule has 8 heteroatoms. The summed E-state index contributed by atoms with van der Waals surface area (Å²) in [7, 11) is 3.02. The molecule has 2 aliphatic rings. The second-order valence-electron chi connectivity index (χ2n) is 6.25. The van der Waals surface area contributed by atoms with Crippen LogP contribution in [0, 0.1) is 16.0 Å². The molecular weight excluding hydrogens is 372 g/mol. The Morgan fingerprint density at radius 2 is 2.15 bits per heavy atom. The van der Waals surface area contributed by atoms with Crippen LogP contribution in [0.25, 0.3) is 6.08 Å². The fourth-order valence-electron chi connectivity index (χ4n) is 3.58. The number of nitrogens with zero attached hydrogens (tertiary/aromatic N) is 2. The molecule has 3 rings (SSSR count). The van der Waals surface area contributed by atoms with E-state index in [0.717, 1.165) is 6.42 Å². The molecule has 27 heavy (non-hydrogen) atoms. The second kappa shape index (κ2) is 7.84. The van der Waals surface area contributed by atoms with Crippen molar-refractivity contribution in [1.29, 1.82) is 0 Å². The number of ether oxygens (including phenoxy) is 2. The number of oxime groups is 1. The summed E-state index contributed by atoms with van der Waals surface area (Å²) >= 11 is 6.44. The Kier molecular flexibility index (Phi) is 5.51. The highest BCUT2D eigenvalue weighted by atomic mass is 35.5. The summed E-state index contributed by atoms with van der Waals surface area (Å²) < 4.78 is 10.5. The Morgan fingerprint density at radius 1 is 1.37 bits per heavy atom. The zero-order valence-corrected chi connectivity index (χ0v) is 15.7. The average molecular weight is 391 g/mol. The van der Waals surface area contributed by atoms with Gasteiger partial charge < -0.3 is 14.7 Å². The van der Waals surface area contributed by atoms with Crippen LogP contribution in [0.1, 0.15) is 24.8 Å². The third-order valence-electron chi connectivity index (χ3n) is 4.84. The van der Waals surface area contributed by atoms with E-state index in [1.807, 2.05) is 0 Å². The Bertz CT molecular complexity index is 902. The van der Waals surface area contributed by atoms with Crippen LogP contribution in [0.3, 0.4) is 0 Å². The van der Waals surface area contributed by atoms with E-state index >= 15 is 0 Å². The van der Waals surface area contributed by atoms with E-state index in [4.69, 9.17) is 21.1 Å². The number of benzene rings is 1. The van der Waals surface area contributed by atoms with Gasteiger partial charge in [0.15, 0.2) is 11.5 Å². The molecule has 1 saturated carbocycles. The van der Waals surface area contributed by atoms with Gasteiger partial charge in [-0.2, -0.15) is 0 Å². The van der Waals surface area contributed by atoms with Crippen molar-refractivity contribution in [3.8, 4) is 11.5 Å². The number of nitro groups is 1. The Balaban J connectivity index is 2.10. The minimum absolute atomic E-state index is 0.0249. The largest absolute Gasteiger partial charge is 0.493 e. The topological polar surface area (TPSA) is 94.2 Å². The number of methoxy groups -OCH3 is 2. The van der Waals surface area contributed by atoms with Gasteiger partial charge in [0.1, 0.15) is 5.71 Å². The molecule has 1 atom stereocenters. The maximum absolute atomic E-state index is 11.4. The van der Waals surface area contributed by atoms with Crippen LogP contribution in [-0.4, -0.2) is 30.1 Å². The highest BCUT2D eigenvalue weighted by molar-refractivity contribution is 6.34. The molecule has 142 valence electrons. The molecule has 0 heterocycles. The van der Waals surface area contributed by atoms with Crippen molar-refractivity contribution in [3.05, 3.63) is 61.8 Å². The smallest absolute Gasteiger partial charge is 0.274 e. The molecule has 1 fully saturated rings. The predicted octanol–water partition coefficient (Wildman–Crippen LogP) is 4.47. The molecule has 1 N–H and O–H groups in total. The van der Waals surface area contributed by atoms with Crippen LogP contribution in [0.5, 0.6) is 11.5 Å². The maximum Gasteiger partial charge on any atom is 0.274 e. The molecule has 0 aliphatic heterocycles. The number of hydrogen-bond donors (Lipinski definition) is 1. The first-order valence-corrected chi connectivity index (χ1v) is 8.78.